The van der Waals surface area contributed by atoms with Gasteiger partial charge in [-0.25, -0.2) is 4.79 Å². The Hall–Kier alpha value is -4.43. The molecule has 1 fully saturated rings. The van der Waals surface area contributed by atoms with E-state index >= 15 is 0 Å². The highest BCUT2D eigenvalue weighted by Crippen LogP contribution is 2.39. The molecule has 0 spiro atoms. The maximum atomic E-state index is 13.1. The number of methoxy groups -OCH3 is 2. The molecule has 4 rings (SSSR count). The Labute approximate surface area is 221 Å². The summed E-state index contributed by atoms with van der Waals surface area (Å²) >= 11 is 0. The number of rotatable bonds is 9. The van der Waals surface area contributed by atoms with Crippen molar-refractivity contribution in [3.8, 4) is 5.75 Å². The van der Waals surface area contributed by atoms with Crippen LogP contribution in [0.3, 0.4) is 0 Å². The highest BCUT2D eigenvalue weighted by molar-refractivity contribution is 6.46. The van der Waals surface area contributed by atoms with E-state index in [-0.39, 0.29) is 24.5 Å². The fraction of sp³-hybridized carbons (Fsp3) is 0.233. The SMILES string of the molecule is COCCN1C(=O)C(=O)C(=C(O)c2ccc(OCc3cccc(C)c3)cc2)[C@H]1c1ccc(C(=O)OC)cc1. The fourth-order valence-corrected chi connectivity index (χ4v) is 4.40. The molecule has 0 unspecified atom stereocenters. The van der Waals surface area contributed by atoms with Crippen LogP contribution in [0.1, 0.15) is 38.7 Å². The Bertz CT molecular complexity index is 1360. The van der Waals surface area contributed by atoms with Crippen molar-refractivity contribution >= 4 is 23.4 Å². The molecule has 3 aromatic rings. The van der Waals surface area contributed by atoms with Gasteiger partial charge in [-0.1, -0.05) is 42.0 Å². The van der Waals surface area contributed by atoms with Crippen LogP contribution in [-0.2, 0) is 25.7 Å². The van der Waals surface area contributed by atoms with E-state index in [9.17, 15) is 19.5 Å². The lowest BCUT2D eigenvalue weighted by atomic mass is 9.94. The number of benzene rings is 3. The van der Waals surface area contributed by atoms with Crippen LogP contribution < -0.4 is 4.74 Å². The van der Waals surface area contributed by atoms with Gasteiger partial charge in [0.1, 0.15) is 18.1 Å². The minimum Gasteiger partial charge on any atom is -0.507 e. The van der Waals surface area contributed by atoms with Gasteiger partial charge in [-0.05, 0) is 54.4 Å². The first kappa shape index (κ1) is 26.6. The summed E-state index contributed by atoms with van der Waals surface area (Å²) in [6.45, 7) is 2.75. The largest absolute Gasteiger partial charge is 0.507 e. The van der Waals surface area contributed by atoms with Crippen molar-refractivity contribution in [2.75, 3.05) is 27.4 Å². The van der Waals surface area contributed by atoms with Crippen LogP contribution in [0.4, 0.5) is 0 Å². The summed E-state index contributed by atoms with van der Waals surface area (Å²) in [5.74, 6) is -1.73. The summed E-state index contributed by atoms with van der Waals surface area (Å²) in [5.41, 5.74) is 3.40. The number of hydrogen-bond acceptors (Lipinski definition) is 7. The smallest absolute Gasteiger partial charge is 0.337 e. The lowest BCUT2D eigenvalue weighted by molar-refractivity contribution is -0.140. The maximum absolute atomic E-state index is 13.1. The Balaban J connectivity index is 1.65. The van der Waals surface area contributed by atoms with Crippen LogP contribution in [0.5, 0.6) is 5.75 Å². The van der Waals surface area contributed by atoms with Crippen molar-refractivity contribution < 1.29 is 33.7 Å². The average Bonchev–Trinajstić information content (AvgIpc) is 3.19. The molecule has 1 N–H and O–H groups in total. The molecule has 38 heavy (non-hydrogen) atoms. The van der Waals surface area contributed by atoms with Crippen molar-refractivity contribution in [1.29, 1.82) is 0 Å². The number of nitrogens with zero attached hydrogens (tertiary/aromatic N) is 1. The number of likely N-dealkylation sites (tertiary alicyclic amines) is 1. The van der Waals surface area contributed by atoms with Gasteiger partial charge in [-0.15, -0.1) is 0 Å². The molecular weight excluding hydrogens is 486 g/mol. The zero-order valence-corrected chi connectivity index (χ0v) is 21.5. The van der Waals surface area contributed by atoms with Crippen LogP contribution in [0, 0.1) is 6.92 Å². The zero-order chi connectivity index (χ0) is 27.2. The molecule has 1 saturated heterocycles. The molecule has 0 bridgehead atoms. The first-order valence-electron chi connectivity index (χ1n) is 12.1. The van der Waals surface area contributed by atoms with Crippen LogP contribution >= 0.6 is 0 Å². The molecular formula is C30H29NO7. The van der Waals surface area contributed by atoms with Gasteiger partial charge in [0.05, 0.1) is 30.9 Å². The monoisotopic (exact) mass is 515 g/mol. The molecule has 1 heterocycles. The summed E-state index contributed by atoms with van der Waals surface area (Å²) in [6.07, 6.45) is 0. The van der Waals surface area contributed by atoms with Gasteiger partial charge in [-0.2, -0.15) is 0 Å². The van der Waals surface area contributed by atoms with Crippen molar-refractivity contribution in [1.82, 2.24) is 4.90 Å². The predicted octanol–water partition coefficient (Wildman–Crippen LogP) is 4.43. The minimum atomic E-state index is -0.853. The van der Waals surface area contributed by atoms with Crippen molar-refractivity contribution in [2.24, 2.45) is 0 Å². The second-order valence-corrected chi connectivity index (χ2v) is 8.90. The van der Waals surface area contributed by atoms with Crippen molar-refractivity contribution in [3.63, 3.8) is 0 Å². The van der Waals surface area contributed by atoms with Gasteiger partial charge >= 0.3 is 5.97 Å². The Morgan fingerprint density at radius 2 is 1.63 bits per heavy atom. The van der Waals surface area contributed by atoms with E-state index < -0.39 is 23.7 Å². The third-order valence-corrected chi connectivity index (χ3v) is 6.34. The summed E-state index contributed by atoms with van der Waals surface area (Å²) in [6, 6.07) is 20.2. The lowest BCUT2D eigenvalue weighted by Crippen LogP contribution is -2.32. The van der Waals surface area contributed by atoms with E-state index in [1.54, 1.807) is 48.5 Å². The normalized spacial score (nSPS) is 16.5. The minimum absolute atomic E-state index is 0.0367. The number of aliphatic hydroxyl groups is 1. The summed E-state index contributed by atoms with van der Waals surface area (Å²) < 4.78 is 15.7. The first-order chi connectivity index (χ1) is 18.3. The molecule has 1 aliphatic heterocycles. The van der Waals surface area contributed by atoms with Gasteiger partial charge < -0.3 is 24.2 Å². The summed E-state index contributed by atoms with van der Waals surface area (Å²) in [4.78, 5) is 39.3. The number of amides is 1. The quantitative estimate of drug-likeness (QED) is 0.195. The average molecular weight is 516 g/mol. The first-order valence-corrected chi connectivity index (χ1v) is 12.1. The van der Waals surface area contributed by atoms with Gasteiger partial charge in [-0.3, -0.25) is 9.59 Å². The second-order valence-electron chi connectivity index (χ2n) is 8.90. The van der Waals surface area contributed by atoms with Gasteiger partial charge in [0.25, 0.3) is 11.7 Å². The third kappa shape index (κ3) is 5.60. The Morgan fingerprint density at radius 3 is 2.26 bits per heavy atom. The summed E-state index contributed by atoms with van der Waals surface area (Å²) in [7, 11) is 2.79. The molecule has 8 nitrogen and oxygen atoms in total. The third-order valence-electron chi connectivity index (χ3n) is 6.34. The van der Waals surface area contributed by atoms with Crippen LogP contribution in [0.25, 0.3) is 5.76 Å². The van der Waals surface area contributed by atoms with E-state index in [1.807, 2.05) is 31.2 Å². The van der Waals surface area contributed by atoms with E-state index in [2.05, 4.69) is 0 Å². The van der Waals surface area contributed by atoms with Crippen LogP contribution in [-0.4, -0.2) is 55.0 Å². The molecule has 1 amide bonds. The number of carbonyl (C=O) groups excluding carboxylic acids is 3. The molecule has 1 atom stereocenters. The predicted molar refractivity (Wildman–Crippen MR) is 141 cm³/mol. The van der Waals surface area contributed by atoms with Crippen molar-refractivity contribution in [3.05, 3.63) is 106 Å². The lowest BCUT2D eigenvalue weighted by Gasteiger charge is -2.25. The number of ether oxygens (including phenoxy) is 3. The fourth-order valence-electron chi connectivity index (χ4n) is 4.40. The molecule has 0 aromatic heterocycles. The number of Topliss-reactive ketones (excluding diaryl/α,β-unsaturated/α-hetero) is 1. The number of esters is 1. The van der Waals surface area contributed by atoms with Gasteiger partial charge in [0.2, 0.25) is 0 Å². The molecule has 8 heteroatoms. The van der Waals surface area contributed by atoms with Crippen molar-refractivity contribution in [2.45, 2.75) is 19.6 Å². The molecule has 1 aliphatic rings. The number of aliphatic hydroxyl groups excluding tert-OH is 1. The second kappa shape index (κ2) is 11.7. The molecule has 0 radical (unpaired) electrons. The van der Waals surface area contributed by atoms with E-state index in [4.69, 9.17) is 14.2 Å². The molecule has 3 aromatic carbocycles. The Kier molecular flexibility index (Phi) is 8.23. The van der Waals surface area contributed by atoms with Gasteiger partial charge in [0.15, 0.2) is 0 Å². The molecule has 0 aliphatic carbocycles. The Morgan fingerprint density at radius 1 is 0.947 bits per heavy atom. The number of hydrogen-bond donors (Lipinski definition) is 1. The van der Waals surface area contributed by atoms with E-state index in [0.29, 0.717) is 29.0 Å². The highest BCUT2D eigenvalue weighted by Gasteiger charge is 2.45. The van der Waals surface area contributed by atoms with Crippen LogP contribution in [0.2, 0.25) is 0 Å². The summed E-state index contributed by atoms with van der Waals surface area (Å²) in [5, 5.41) is 11.2. The van der Waals surface area contributed by atoms with Crippen LogP contribution in [0.15, 0.2) is 78.4 Å². The zero-order valence-electron chi connectivity index (χ0n) is 21.5. The number of ketones is 1. The number of carbonyl (C=O) groups is 3. The van der Waals surface area contributed by atoms with E-state index in [0.717, 1.165) is 11.1 Å². The highest BCUT2D eigenvalue weighted by atomic mass is 16.5. The number of aryl methyl sites for hydroxylation is 1. The molecule has 196 valence electrons. The molecule has 0 saturated carbocycles. The standard InChI is InChI=1S/C30H29NO7/c1-19-5-4-6-20(17-19)18-38-24-13-11-22(12-14-24)27(32)25-26(31(15-16-36-2)29(34)28(25)33)21-7-9-23(10-8-21)30(35)37-3/h4-14,17,26,32H,15-16,18H2,1-3H3/t26-/m1/s1. The van der Waals surface area contributed by atoms with E-state index in [1.165, 1.54) is 19.1 Å². The maximum Gasteiger partial charge on any atom is 0.337 e. The van der Waals surface area contributed by atoms with Gasteiger partial charge in [0, 0.05) is 19.2 Å². The topological polar surface area (TPSA) is 102 Å².